The lowest BCUT2D eigenvalue weighted by Crippen LogP contribution is -2.30. The first kappa shape index (κ1) is 11.5. The Morgan fingerprint density at radius 1 is 1.22 bits per heavy atom. The largest absolute Gasteiger partial charge is 0.408 e. The summed E-state index contributed by atoms with van der Waals surface area (Å²) >= 11 is 5.66. The fraction of sp³-hybridized carbons (Fsp3) is 0.385. The van der Waals surface area contributed by atoms with Crippen LogP contribution in [0.4, 0.5) is 6.01 Å². The molecule has 2 aromatic rings. The summed E-state index contributed by atoms with van der Waals surface area (Å²) in [7, 11) is 0. The molecule has 0 bridgehead atoms. The summed E-state index contributed by atoms with van der Waals surface area (Å²) in [6, 6.07) is 9.08. The highest BCUT2D eigenvalue weighted by molar-refractivity contribution is 6.17. The van der Waals surface area contributed by atoms with Crippen molar-refractivity contribution in [3.05, 3.63) is 41.3 Å². The number of hydrogen-bond donors (Lipinski definition) is 0. The smallest absolute Gasteiger partial charge is 0.318 e. The van der Waals surface area contributed by atoms with Gasteiger partial charge >= 0.3 is 6.01 Å². The van der Waals surface area contributed by atoms with Crippen LogP contribution in [0.3, 0.4) is 0 Å². The van der Waals surface area contributed by atoms with Crippen LogP contribution in [-0.4, -0.2) is 22.6 Å². The second-order valence-electron chi connectivity index (χ2n) is 4.36. The Kier molecular flexibility index (Phi) is 3.19. The van der Waals surface area contributed by atoms with Crippen molar-refractivity contribution in [1.82, 2.24) is 10.2 Å². The minimum Gasteiger partial charge on any atom is -0.408 e. The predicted molar refractivity (Wildman–Crippen MR) is 69.9 cm³/mol. The molecule has 0 N–H and O–H groups in total. The third-order valence-electron chi connectivity index (χ3n) is 3.17. The van der Waals surface area contributed by atoms with E-state index in [0.29, 0.717) is 24.2 Å². The Balaban J connectivity index is 1.78. The number of alkyl halides is 1. The van der Waals surface area contributed by atoms with Crippen molar-refractivity contribution in [3.8, 4) is 0 Å². The fourth-order valence-electron chi connectivity index (χ4n) is 2.21. The number of aryl methyl sites for hydroxylation is 1. The molecule has 3 rings (SSSR count). The van der Waals surface area contributed by atoms with Crippen LogP contribution in [-0.2, 0) is 19.4 Å². The van der Waals surface area contributed by atoms with Gasteiger partial charge in [0.25, 0.3) is 0 Å². The summed E-state index contributed by atoms with van der Waals surface area (Å²) in [6.45, 7) is 1.75. The van der Waals surface area contributed by atoms with Crippen molar-refractivity contribution >= 4 is 17.6 Å². The number of benzene rings is 1. The van der Waals surface area contributed by atoms with E-state index in [9.17, 15) is 0 Å². The zero-order valence-corrected chi connectivity index (χ0v) is 10.7. The second kappa shape index (κ2) is 4.98. The lowest BCUT2D eigenvalue weighted by Gasteiger charge is -2.26. The van der Waals surface area contributed by atoms with Gasteiger partial charge in [-0.1, -0.05) is 29.4 Å². The minimum absolute atomic E-state index is 0.504. The molecule has 0 aliphatic carbocycles. The van der Waals surface area contributed by atoms with Crippen LogP contribution in [0.2, 0.25) is 0 Å². The van der Waals surface area contributed by atoms with Gasteiger partial charge in [0, 0.05) is 25.4 Å². The molecule has 1 aliphatic heterocycles. The van der Waals surface area contributed by atoms with E-state index >= 15 is 0 Å². The lowest BCUT2D eigenvalue weighted by atomic mass is 10.0. The molecule has 0 spiro atoms. The van der Waals surface area contributed by atoms with Gasteiger partial charge in [-0.25, -0.2) is 0 Å². The number of hydrogen-bond acceptors (Lipinski definition) is 4. The summed E-state index contributed by atoms with van der Waals surface area (Å²) in [6.07, 6.45) is 1.64. The van der Waals surface area contributed by atoms with Gasteiger partial charge in [-0.15, -0.1) is 16.7 Å². The molecule has 1 aromatic heterocycles. The predicted octanol–water partition coefficient (Wildman–Crippen LogP) is 2.41. The Labute approximate surface area is 111 Å². The summed E-state index contributed by atoms with van der Waals surface area (Å²) in [5.74, 6) is 1.11. The summed E-state index contributed by atoms with van der Waals surface area (Å²) in [4.78, 5) is 2.12. The Morgan fingerprint density at radius 2 is 2.06 bits per heavy atom. The molecule has 0 amide bonds. The van der Waals surface area contributed by atoms with Gasteiger partial charge in [0.1, 0.15) is 0 Å². The lowest BCUT2D eigenvalue weighted by molar-refractivity contribution is 0.483. The molecule has 0 atom stereocenters. The SMILES string of the molecule is ClCCc1nnc(N2CCc3ccccc3C2)o1. The Morgan fingerprint density at radius 3 is 2.89 bits per heavy atom. The van der Waals surface area contributed by atoms with E-state index < -0.39 is 0 Å². The number of aromatic nitrogens is 2. The van der Waals surface area contributed by atoms with Gasteiger partial charge in [0.05, 0.1) is 0 Å². The minimum atomic E-state index is 0.504. The molecule has 2 heterocycles. The zero-order chi connectivity index (χ0) is 12.4. The average Bonchev–Trinajstić information content (AvgIpc) is 2.87. The summed E-state index contributed by atoms with van der Waals surface area (Å²) < 4.78 is 5.60. The first-order valence-electron chi connectivity index (χ1n) is 6.07. The number of rotatable bonds is 3. The first-order chi connectivity index (χ1) is 8.86. The molecule has 18 heavy (non-hydrogen) atoms. The van der Waals surface area contributed by atoms with Crippen molar-refractivity contribution in [2.24, 2.45) is 0 Å². The molecule has 0 saturated heterocycles. The highest BCUT2D eigenvalue weighted by atomic mass is 35.5. The number of nitrogens with zero attached hydrogens (tertiary/aromatic N) is 3. The molecular formula is C13H14ClN3O. The molecule has 0 saturated carbocycles. The van der Waals surface area contributed by atoms with Gasteiger partial charge in [-0.3, -0.25) is 0 Å². The second-order valence-corrected chi connectivity index (χ2v) is 4.74. The van der Waals surface area contributed by atoms with E-state index in [-0.39, 0.29) is 0 Å². The van der Waals surface area contributed by atoms with Gasteiger partial charge in [0.15, 0.2) is 0 Å². The van der Waals surface area contributed by atoms with Crippen molar-refractivity contribution in [1.29, 1.82) is 0 Å². The zero-order valence-electron chi connectivity index (χ0n) is 9.97. The van der Waals surface area contributed by atoms with Crippen molar-refractivity contribution < 1.29 is 4.42 Å². The van der Waals surface area contributed by atoms with E-state index in [1.54, 1.807) is 0 Å². The number of halogens is 1. The van der Waals surface area contributed by atoms with E-state index in [2.05, 4.69) is 39.4 Å². The number of anilines is 1. The van der Waals surface area contributed by atoms with Crippen LogP contribution in [0.5, 0.6) is 0 Å². The van der Waals surface area contributed by atoms with Gasteiger partial charge in [0.2, 0.25) is 5.89 Å². The van der Waals surface area contributed by atoms with Crippen LogP contribution < -0.4 is 4.90 Å². The van der Waals surface area contributed by atoms with Crippen LogP contribution in [0, 0.1) is 0 Å². The number of fused-ring (bicyclic) bond motifs is 1. The molecule has 0 fully saturated rings. The maximum Gasteiger partial charge on any atom is 0.318 e. The molecular weight excluding hydrogens is 250 g/mol. The molecule has 5 heteroatoms. The van der Waals surface area contributed by atoms with Crippen LogP contribution in [0.1, 0.15) is 17.0 Å². The molecule has 4 nitrogen and oxygen atoms in total. The molecule has 0 unspecified atom stereocenters. The third-order valence-corrected chi connectivity index (χ3v) is 3.35. The van der Waals surface area contributed by atoms with Crippen LogP contribution >= 0.6 is 11.6 Å². The summed E-state index contributed by atoms with van der Waals surface area (Å²) in [5.41, 5.74) is 2.75. The standard InChI is InChI=1S/C13H14ClN3O/c14-7-5-12-15-16-13(18-12)17-8-6-10-3-1-2-4-11(10)9-17/h1-4H,5-9H2. The van der Waals surface area contributed by atoms with Gasteiger partial charge < -0.3 is 9.32 Å². The Hall–Kier alpha value is -1.55. The monoisotopic (exact) mass is 263 g/mol. The fourth-order valence-corrected chi connectivity index (χ4v) is 2.38. The van der Waals surface area contributed by atoms with E-state index in [4.69, 9.17) is 16.0 Å². The molecule has 0 radical (unpaired) electrons. The van der Waals surface area contributed by atoms with Gasteiger partial charge in [-0.2, -0.15) is 0 Å². The molecule has 94 valence electrons. The Bertz CT molecular complexity index is 541. The third kappa shape index (κ3) is 2.20. The summed E-state index contributed by atoms with van der Waals surface area (Å²) in [5, 5.41) is 8.08. The molecule has 1 aromatic carbocycles. The van der Waals surface area contributed by atoms with Crippen molar-refractivity contribution in [2.45, 2.75) is 19.4 Å². The molecule has 1 aliphatic rings. The maximum atomic E-state index is 5.66. The highest BCUT2D eigenvalue weighted by Crippen LogP contribution is 2.23. The van der Waals surface area contributed by atoms with E-state index in [0.717, 1.165) is 19.5 Å². The first-order valence-corrected chi connectivity index (χ1v) is 6.60. The topological polar surface area (TPSA) is 42.2 Å². The van der Waals surface area contributed by atoms with Gasteiger partial charge in [-0.05, 0) is 17.5 Å². The van der Waals surface area contributed by atoms with Crippen molar-refractivity contribution in [3.63, 3.8) is 0 Å². The highest BCUT2D eigenvalue weighted by Gasteiger charge is 2.20. The normalized spacial score (nSPS) is 14.6. The average molecular weight is 264 g/mol. The maximum absolute atomic E-state index is 5.66. The van der Waals surface area contributed by atoms with Crippen LogP contribution in [0.15, 0.2) is 28.7 Å². The van der Waals surface area contributed by atoms with Crippen LogP contribution in [0.25, 0.3) is 0 Å². The van der Waals surface area contributed by atoms with E-state index in [1.165, 1.54) is 11.1 Å². The van der Waals surface area contributed by atoms with E-state index in [1.807, 2.05) is 0 Å². The quantitative estimate of drug-likeness (QED) is 0.798. The van der Waals surface area contributed by atoms with Crippen molar-refractivity contribution in [2.75, 3.05) is 17.3 Å².